The number of Topliss-reactive ketones (excluding diaryl/α,β-unsaturated/α-hetero) is 1. The minimum absolute atomic E-state index is 0.187. The minimum Gasteiger partial charge on any atom is -0.322 e. The highest BCUT2D eigenvalue weighted by Gasteiger charge is 2.29. The van der Waals surface area contributed by atoms with Gasteiger partial charge in [-0.05, 0) is 43.3 Å². The summed E-state index contributed by atoms with van der Waals surface area (Å²) < 4.78 is 0. The SMILES string of the molecule is Cc1nc(SC2CCCCC2=O)c(C#N)c(-c2cccs2)c1C(=O)Nc1ccccc1. The molecule has 0 spiro atoms. The third kappa shape index (κ3) is 4.55. The number of aryl methyl sites for hydroxylation is 1. The largest absolute Gasteiger partial charge is 0.322 e. The number of nitrogens with zero attached hydrogens (tertiary/aromatic N) is 2. The number of nitriles is 1. The van der Waals surface area contributed by atoms with E-state index >= 15 is 0 Å². The fraction of sp³-hybridized carbons (Fsp3) is 0.250. The molecule has 1 aliphatic rings. The van der Waals surface area contributed by atoms with Crippen molar-refractivity contribution in [2.75, 3.05) is 5.32 Å². The van der Waals surface area contributed by atoms with Crippen molar-refractivity contribution in [3.63, 3.8) is 0 Å². The van der Waals surface area contributed by atoms with Gasteiger partial charge in [0.25, 0.3) is 5.91 Å². The molecular weight excluding hydrogens is 426 g/mol. The summed E-state index contributed by atoms with van der Waals surface area (Å²) in [5.41, 5.74) is 2.55. The molecule has 1 aliphatic carbocycles. The second kappa shape index (κ2) is 9.46. The predicted octanol–water partition coefficient (Wildman–Crippen LogP) is 5.85. The van der Waals surface area contributed by atoms with Crippen molar-refractivity contribution in [3.8, 4) is 16.5 Å². The molecule has 1 amide bonds. The van der Waals surface area contributed by atoms with E-state index in [-0.39, 0.29) is 16.9 Å². The van der Waals surface area contributed by atoms with Crippen LogP contribution in [0.2, 0.25) is 0 Å². The van der Waals surface area contributed by atoms with Gasteiger partial charge in [0, 0.05) is 22.5 Å². The Labute approximate surface area is 189 Å². The number of ketones is 1. The molecule has 2 heterocycles. The van der Waals surface area contributed by atoms with Gasteiger partial charge in [-0.2, -0.15) is 5.26 Å². The van der Waals surface area contributed by atoms with E-state index in [1.54, 1.807) is 6.92 Å². The Balaban J connectivity index is 1.81. The van der Waals surface area contributed by atoms with E-state index < -0.39 is 0 Å². The van der Waals surface area contributed by atoms with Gasteiger partial charge >= 0.3 is 0 Å². The average molecular weight is 448 g/mol. The van der Waals surface area contributed by atoms with E-state index in [2.05, 4.69) is 16.4 Å². The maximum absolute atomic E-state index is 13.3. The third-order valence-electron chi connectivity index (χ3n) is 5.24. The molecule has 1 N–H and O–H groups in total. The van der Waals surface area contributed by atoms with Gasteiger partial charge in [0.15, 0.2) is 0 Å². The number of thiophene rings is 1. The van der Waals surface area contributed by atoms with Gasteiger partial charge < -0.3 is 5.32 Å². The number of benzene rings is 1. The number of hydrogen-bond acceptors (Lipinski definition) is 6. The predicted molar refractivity (Wildman–Crippen MR) is 125 cm³/mol. The second-order valence-electron chi connectivity index (χ2n) is 7.36. The highest BCUT2D eigenvalue weighted by molar-refractivity contribution is 8.00. The number of anilines is 1. The number of carbonyl (C=O) groups excluding carboxylic acids is 2. The number of para-hydroxylation sites is 1. The zero-order valence-corrected chi connectivity index (χ0v) is 18.7. The van der Waals surface area contributed by atoms with E-state index in [9.17, 15) is 14.9 Å². The molecule has 1 unspecified atom stereocenters. The summed E-state index contributed by atoms with van der Waals surface area (Å²) in [7, 11) is 0. The molecule has 1 atom stereocenters. The lowest BCUT2D eigenvalue weighted by atomic mass is 9.99. The topological polar surface area (TPSA) is 82.8 Å². The molecule has 0 saturated heterocycles. The first-order valence-electron chi connectivity index (χ1n) is 10.1. The summed E-state index contributed by atoms with van der Waals surface area (Å²) in [4.78, 5) is 31.1. The smallest absolute Gasteiger partial charge is 0.258 e. The first kappa shape index (κ1) is 21.3. The van der Waals surface area contributed by atoms with Crippen molar-refractivity contribution in [3.05, 3.63) is 64.7 Å². The first-order valence-corrected chi connectivity index (χ1v) is 11.9. The number of carbonyl (C=O) groups is 2. The van der Waals surface area contributed by atoms with E-state index in [1.807, 2.05) is 47.8 Å². The van der Waals surface area contributed by atoms with Crippen molar-refractivity contribution < 1.29 is 9.59 Å². The highest BCUT2D eigenvalue weighted by atomic mass is 32.2. The average Bonchev–Trinajstić information content (AvgIpc) is 3.30. The van der Waals surface area contributed by atoms with E-state index in [4.69, 9.17) is 0 Å². The molecule has 0 bridgehead atoms. The maximum Gasteiger partial charge on any atom is 0.258 e. The van der Waals surface area contributed by atoms with Crippen molar-refractivity contribution >= 4 is 40.5 Å². The number of pyridine rings is 1. The molecule has 1 saturated carbocycles. The number of aromatic nitrogens is 1. The van der Waals surface area contributed by atoms with Crippen molar-refractivity contribution in [2.45, 2.75) is 42.9 Å². The molecule has 1 fully saturated rings. The Morgan fingerprint density at radius 3 is 2.71 bits per heavy atom. The Bertz CT molecular complexity index is 1150. The Kier molecular flexibility index (Phi) is 6.50. The lowest BCUT2D eigenvalue weighted by molar-refractivity contribution is -0.119. The number of rotatable bonds is 5. The van der Waals surface area contributed by atoms with Gasteiger partial charge in [-0.15, -0.1) is 11.3 Å². The van der Waals surface area contributed by atoms with Crippen molar-refractivity contribution in [1.29, 1.82) is 5.26 Å². The van der Waals surface area contributed by atoms with Crippen molar-refractivity contribution in [1.82, 2.24) is 4.98 Å². The minimum atomic E-state index is -0.304. The Morgan fingerprint density at radius 2 is 2.03 bits per heavy atom. The number of nitrogens with one attached hydrogen (secondary N) is 1. The molecule has 0 radical (unpaired) electrons. The molecule has 3 aromatic rings. The molecule has 31 heavy (non-hydrogen) atoms. The second-order valence-corrected chi connectivity index (χ2v) is 9.49. The molecular formula is C24H21N3O2S2. The standard InChI is InChI=1S/C24H21N3O2S2/c1-15-21(23(29)27-16-8-3-2-4-9-16)22(20-12-7-13-30-20)17(14-25)24(26-15)31-19-11-6-5-10-18(19)28/h2-4,7-9,12-13,19H,5-6,10-11H2,1H3,(H,27,29). The van der Waals surface area contributed by atoms with Gasteiger partial charge in [-0.25, -0.2) is 4.98 Å². The van der Waals surface area contributed by atoms with Crippen LogP contribution in [0, 0.1) is 18.3 Å². The summed E-state index contributed by atoms with van der Waals surface area (Å²) >= 11 is 2.84. The van der Waals surface area contributed by atoms with Crippen LogP contribution in [0.5, 0.6) is 0 Å². The summed E-state index contributed by atoms with van der Waals surface area (Å²) in [6.07, 6.45) is 3.29. The Hall–Kier alpha value is -2.95. The molecule has 2 aromatic heterocycles. The third-order valence-corrected chi connectivity index (χ3v) is 7.42. The summed E-state index contributed by atoms with van der Waals surface area (Å²) in [6, 6.07) is 15.3. The number of thioether (sulfide) groups is 1. The molecule has 4 rings (SSSR count). The molecule has 7 heteroatoms. The van der Waals surface area contributed by atoms with Crippen LogP contribution in [0.15, 0.2) is 52.9 Å². The normalized spacial score (nSPS) is 16.0. The fourth-order valence-corrected chi connectivity index (χ4v) is 5.78. The van der Waals surface area contributed by atoms with Crippen LogP contribution in [0.1, 0.15) is 47.3 Å². The summed E-state index contributed by atoms with van der Waals surface area (Å²) in [6.45, 7) is 1.78. The summed E-state index contributed by atoms with van der Waals surface area (Å²) in [5.74, 6) is -0.0930. The van der Waals surface area contributed by atoms with Crippen LogP contribution >= 0.6 is 23.1 Å². The van der Waals surface area contributed by atoms with Gasteiger partial charge in [0.1, 0.15) is 16.9 Å². The maximum atomic E-state index is 13.3. The molecule has 0 aliphatic heterocycles. The lowest BCUT2D eigenvalue weighted by Gasteiger charge is -2.21. The van der Waals surface area contributed by atoms with Gasteiger partial charge in [0.2, 0.25) is 0 Å². The first-order chi connectivity index (χ1) is 15.1. The van der Waals surface area contributed by atoms with E-state index in [0.717, 1.165) is 24.1 Å². The van der Waals surface area contributed by atoms with E-state index in [0.29, 0.717) is 39.5 Å². The van der Waals surface area contributed by atoms with Crippen molar-refractivity contribution in [2.24, 2.45) is 0 Å². The zero-order valence-electron chi connectivity index (χ0n) is 17.1. The van der Waals surface area contributed by atoms with Gasteiger partial charge in [-0.3, -0.25) is 9.59 Å². The lowest BCUT2D eigenvalue weighted by Crippen LogP contribution is -2.22. The molecule has 156 valence electrons. The monoisotopic (exact) mass is 447 g/mol. The van der Waals surface area contributed by atoms with Gasteiger partial charge in [-0.1, -0.05) is 42.4 Å². The summed E-state index contributed by atoms with van der Waals surface area (Å²) in [5, 5.41) is 15.2. The number of amides is 1. The van der Waals surface area contributed by atoms with Crippen LogP contribution in [0.4, 0.5) is 5.69 Å². The molecule has 1 aromatic carbocycles. The van der Waals surface area contributed by atoms with Crippen LogP contribution < -0.4 is 5.32 Å². The highest BCUT2D eigenvalue weighted by Crippen LogP contribution is 2.40. The Morgan fingerprint density at radius 1 is 1.23 bits per heavy atom. The van der Waals surface area contributed by atoms with Crippen LogP contribution in [0.3, 0.4) is 0 Å². The molecule has 5 nitrogen and oxygen atoms in total. The van der Waals surface area contributed by atoms with Crippen LogP contribution in [0.25, 0.3) is 10.4 Å². The van der Waals surface area contributed by atoms with E-state index in [1.165, 1.54) is 23.1 Å². The zero-order chi connectivity index (χ0) is 21.8. The number of hydrogen-bond donors (Lipinski definition) is 1. The van der Waals surface area contributed by atoms with Crippen LogP contribution in [-0.2, 0) is 4.79 Å². The quantitative estimate of drug-likeness (QED) is 0.531. The van der Waals surface area contributed by atoms with Crippen LogP contribution in [-0.4, -0.2) is 21.9 Å². The fourth-order valence-electron chi connectivity index (χ4n) is 3.74. The van der Waals surface area contributed by atoms with Gasteiger partial charge in [0.05, 0.1) is 22.1 Å².